The molecule has 0 heterocycles. The number of unbranched alkanes of at least 4 members (excludes halogenated alkanes) is 5. The zero-order valence-electron chi connectivity index (χ0n) is 10.0. The van der Waals surface area contributed by atoms with Crippen LogP contribution >= 0.6 is 0 Å². The molecule has 1 rings (SSSR count). The second-order valence-electron chi connectivity index (χ2n) is 3.35. The molecule has 1 heteroatoms. The molecule has 1 aromatic carbocycles. The van der Waals surface area contributed by atoms with Crippen molar-refractivity contribution in [3.05, 3.63) is 43.3 Å². The SMILES string of the molecule is [CH2-]CCCCCCC.[Mg+2].[c-]1ccccc1. The van der Waals surface area contributed by atoms with Crippen LogP contribution in [0.2, 0.25) is 0 Å². The van der Waals surface area contributed by atoms with E-state index < -0.39 is 0 Å². The van der Waals surface area contributed by atoms with Gasteiger partial charge < -0.3 is 6.92 Å². The van der Waals surface area contributed by atoms with Crippen molar-refractivity contribution in [2.24, 2.45) is 0 Å². The van der Waals surface area contributed by atoms with Crippen molar-refractivity contribution in [1.29, 1.82) is 0 Å². The maximum Gasteiger partial charge on any atom is 2.00 e. The van der Waals surface area contributed by atoms with E-state index in [1.54, 1.807) is 0 Å². The van der Waals surface area contributed by atoms with Gasteiger partial charge in [0.25, 0.3) is 0 Å². The van der Waals surface area contributed by atoms with Crippen LogP contribution in [0.1, 0.15) is 45.4 Å². The van der Waals surface area contributed by atoms with E-state index in [0.717, 1.165) is 6.42 Å². The molecule has 0 saturated heterocycles. The molecule has 0 bridgehead atoms. The molecule has 80 valence electrons. The molecule has 0 aliphatic carbocycles. The van der Waals surface area contributed by atoms with Gasteiger partial charge in [-0.1, -0.05) is 39.0 Å². The summed E-state index contributed by atoms with van der Waals surface area (Å²) in [6, 6.07) is 12.5. The van der Waals surface area contributed by atoms with Gasteiger partial charge in [0.1, 0.15) is 0 Å². The molecule has 0 aliphatic heterocycles. The van der Waals surface area contributed by atoms with Crippen LogP contribution < -0.4 is 0 Å². The van der Waals surface area contributed by atoms with E-state index in [9.17, 15) is 0 Å². The molecule has 0 N–H and O–H groups in total. The maximum absolute atomic E-state index is 3.78. The number of hydrogen-bond donors (Lipinski definition) is 0. The predicted octanol–water partition coefficient (Wildman–Crippen LogP) is 4.29. The quantitative estimate of drug-likeness (QED) is 0.390. The second kappa shape index (κ2) is 16.4. The summed E-state index contributed by atoms with van der Waals surface area (Å²) < 4.78 is 0. The van der Waals surface area contributed by atoms with Crippen LogP contribution in [0.5, 0.6) is 0 Å². The van der Waals surface area contributed by atoms with Crippen molar-refractivity contribution in [2.45, 2.75) is 45.4 Å². The van der Waals surface area contributed by atoms with Gasteiger partial charge in [0.2, 0.25) is 0 Å². The number of hydrogen-bond acceptors (Lipinski definition) is 0. The third-order valence-electron chi connectivity index (χ3n) is 1.96. The van der Waals surface area contributed by atoms with Crippen molar-refractivity contribution in [1.82, 2.24) is 0 Å². The first-order valence-electron chi connectivity index (χ1n) is 5.62. The summed E-state index contributed by atoms with van der Waals surface area (Å²) in [7, 11) is 0. The third-order valence-corrected chi connectivity index (χ3v) is 1.96. The first-order chi connectivity index (χ1) is 6.91. The van der Waals surface area contributed by atoms with Crippen LogP contribution in [0, 0.1) is 13.0 Å². The average molecular weight is 215 g/mol. The summed E-state index contributed by atoms with van der Waals surface area (Å²) >= 11 is 0. The maximum atomic E-state index is 3.78. The normalized spacial score (nSPS) is 8.40. The molecule has 0 spiro atoms. The molecule has 0 saturated carbocycles. The van der Waals surface area contributed by atoms with Crippen LogP contribution in [0.3, 0.4) is 0 Å². The Morgan fingerprint density at radius 1 is 0.933 bits per heavy atom. The molecular formula is C14H22Mg. The Bertz CT molecular complexity index is 139. The van der Waals surface area contributed by atoms with Crippen LogP contribution in [-0.2, 0) is 0 Å². The average Bonchev–Trinajstić information content (AvgIpc) is 2.28. The van der Waals surface area contributed by atoms with E-state index in [0.29, 0.717) is 0 Å². The Kier molecular flexibility index (Phi) is 19.0. The third kappa shape index (κ3) is 16.6. The van der Waals surface area contributed by atoms with Crippen LogP contribution in [-0.4, -0.2) is 23.1 Å². The van der Waals surface area contributed by atoms with Gasteiger partial charge in [-0.25, -0.2) is 0 Å². The Balaban J connectivity index is 0. The van der Waals surface area contributed by atoms with Gasteiger partial charge in [-0.15, -0.1) is 0 Å². The minimum atomic E-state index is 0. The van der Waals surface area contributed by atoms with Crippen LogP contribution in [0.15, 0.2) is 30.3 Å². The van der Waals surface area contributed by atoms with Crippen LogP contribution in [0.25, 0.3) is 0 Å². The zero-order valence-corrected chi connectivity index (χ0v) is 11.5. The minimum absolute atomic E-state index is 0. The molecule has 0 nitrogen and oxygen atoms in total. The summed E-state index contributed by atoms with van der Waals surface area (Å²) in [4.78, 5) is 0. The van der Waals surface area contributed by atoms with Crippen molar-refractivity contribution in [3.63, 3.8) is 0 Å². The minimum Gasteiger partial charge on any atom is -0.343 e. The topological polar surface area (TPSA) is 0 Å². The van der Waals surface area contributed by atoms with Crippen LogP contribution in [0.4, 0.5) is 0 Å². The molecule has 0 unspecified atom stereocenters. The van der Waals surface area contributed by atoms with E-state index in [-0.39, 0.29) is 23.1 Å². The molecule has 0 amide bonds. The first kappa shape index (κ1) is 17.4. The van der Waals surface area contributed by atoms with E-state index >= 15 is 0 Å². The van der Waals surface area contributed by atoms with Gasteiger partial charge in [-0.2, -0.15) is 42.8 Å². The summed E-state index contributed by atoms with van der Waals surface area (Å²) in [5.74, 6) is 0. The van der Waals surface area contributed by atoms with Gasteiger partial charge >= 0.3 is 23.1 Å². The summed E-state index contributed by atoms with van der Waals surface area (Å²) in [6.45, 7) is 6.02. The van der Waals surface area contributed by atoms with Crippen molar-refractivity contribution < 1.29 is 0 Å². The van der Waals surface area contributed by atoms with Gasteiger partial charge in [-0.3, -0.25) is 0 Å². The van der Waals surface area contributed by atoms with Gasteiger partial charge in [0.15, 0.2) is 0 Å². The molecular weight excluding hydrogens is 192 g/mol. The Hall–Kier alpha value is -0.0138. The standard InChI is InChI=1S/C8H17.C6H5.Mg/c1-3-5-7-8-6-4-2;1-2-4-6-5-3-1;/h1,3-8H2,2H3;1-5H;/q2*-1;+2. The smallest absolute Gasteiger partial charge is 0.343 e. The Morgan fingerprint density at radius 2 is 1.53 bits per heavy atom. The van der Waals surface area contributed by atoms with Gasteiger partial charge in [0.05, 0.1) is 0 Å². The number of benzene rings is 1. The summed E-state index contributed by atoms with van der Waals surface area (Å²) in [6.07, 6.45) is 7.98. The van der Waals surface area contributed by atoms with E-state index in [2.05, 4.69) is 19.9 Å². The monoisotopic (exact) mass is 214 g/mol. The van der Waals surface area contributed by atoms with Gasteiger partial charge in [0, 0.05) is 0 Å². The molecule has 0 aromatic heterocycles. The first-order valence-corrected chi connectivity index (χ1v) is 5.62. The van der Waals surface area contributed by atoms with Crippen molar-refractivity contribution in [3.8, 4) is 0 Å². The molecule has 1 aromatic rings. The fourth-order valence-electron chi connectivity index (χ4n) is 1.12. The molecule has 0 fully saturated rings. The second-order valence-corrected chi connectivity index (χ2v) is 3.35. The summed E-state index contributed by atoms with van der Waals surface area (Å²) in [5.41, 5.74) is 0. The molecule has 0 radical (unpaired) electrons. The largest absolute Gasteiger partial charge is 2.00 e. The molecule has 0 atom stereocenters. The van der Waals surface area contributed by atoms with Crippen molar-refractivity contribution in [2.75, 3.05) is 0 Å². The summed E-state index contributed by atoms with van der Waals surface area (Å²) in [5, 5.41) is 0. The van der Waals surface area contributed by atoms with Crippen molar-refractivity contribution >= 4 is 23.1 Å². The fourth-order valence-corrected chi connectivity index (χ4v) is 1.12. The van der Waals surface area contributed by atoms with E-state index in [1.165, 1.54) is 32.1 Å². The fraction of sp³-hybridized carbons (Fsp3) is 0.500. The Morgan fingerprint density at radius 3 is 1.87 bits per heavy atom. The molecule has 15 heavy (non-hydrogen) atoms. The predicted molar refractivity (Wildman–Crippen MR) is 69.8 cm³/mol. The molecule has 0 aliphatic rings. The van der Waals surface area contributed by atoms with E-state index in [1.807, 2.05) is 30.3 Å². The Labute approximate surface area is 112 Å². The number of rotatable bonds is 5. The zero-order chi connectivity index (χ0) is 10.5. The van der Waals surface area contributed by atoms with Gasteiger partial charge in [-0.05, 0) is 0 Å². The van der Waals surface area contributed by atoms with E-state index in [4.69, 9.17) is 0 Å².